The Morgan fingerprint density at radius 1 is 1.23 bits per heavy atom. The molecule has 0 amide bonds. The predicted molar refractivity (Wildman–Crippen MR) is 108 cm³/mol. The van der Waals surface area contributed by atoms with Gasteiger partial charge in [0.2, 0.25) is 0 Å². The lowest BCUT2D eigenvalue weighted by atomic mass is 9.64. The first-order chi connectivity index (χ1) is 12.7. The fourth-order valence-electron chi connectivity index (χ4n) is 3.54. The van der Waals surface area contributed by atoms with Crippen LogP contribution in [0, 0.1) is 6.92 Å². The third-order valence-corrected chi connectivity index (χ3v) is 5.20. The van der Waals surface area contributed by atoms with Gasteiger partial charge in [0.05, 0.1) is 12.7 Å². The van der Waals surface area contributed by atoms with Gasteiger partial charge in [-0.1, -0.05) is 36.8 Å². The average molecular weight is 354 g/mol. The molecule has 1 aliphatic carbocycles. The van der Waals surface area contributed by atoms with Gasteiger partial charge >= 0.3 is 0 Å². The lowest BCUT2D eigenvalue weighted by Gasteiger charge is -2.41. The van der Waals surface area contributed by atoms with Gasteiger partial charge in [-0.2, -0.15) is 5.10 Å². The van der Waals surface area contributed by atoms with Crippen molar-refractivity contribution < 1.29 is 0 Å². The number of aromatic nitrogens is 2. The van der Waals surface area contributed by atoms with Crippen LogP contribution in [0.5, 0.6) is 0 Å². The zero-order valence-corrected chi connectivity index (χ0v) is 16.0. The minimum absolute atomic E-state index is 0.232. The van der Waals surface area contributed by atoms with Gasteiger partial charge < -0.3 is 10.6 Å². The van der Waals surface area contributed by atoms with Gasteiger partial charge in [0.15, 0.2) is 5.96 Å². The number of aryl methyl sites for hydroxylation is 2. The zero-order valence-electron chi connectivity index (χ0n) is 16.0. The third kappa shape index (κ3) is 4.65. The molecule has 0 saturated heterocycles. The highest BCUT2D eigenvalue weighted by atomic mass is 15.3. The van der Waals surface area contributed by atoms with E-state index in [0.717, 1.165) is 38.6 Å². The van der Waals surface area contributed by atoms with E-state index in [0.29, 0.717) is 0 Å². The summed E-state index contributed by atoms with van der Waals surface area (Å²) in [4.78, 5) is 4.90. The molecular formula is C21H31N5. The van der Waals surface area contributed by atoms with Crippen LogP contribution in [0.3, 0.4) is 0 Å². The second kappa shape index (κ2) is 8.88. The molecule has 1 heterocycles. The largest absolute Gasteiger partial charge is 0.357 e. The van der Waals surface area contributed by atoms with Crippen molar-refractivity contribution >= 4 is 5.96 Å². The van der Waals surface area contributed by atoms with Crippen molar-refractivity contribution in [3.05, 3.63) is 53.9 Å². The Morgan fingerprint density at radius 3 is 2.65 bits per heavy atom. The first-order valence-corrected chi connectivity index (χ1v) is 9.79. The van der Waals surface area contributed by atoms with Crippen LogP contribution in [0.1, 0.15) is 43.7 Å². The van der Waals surface area contributed by atoms with Gasteiger partial charge in [-0.15, -0.1) is 0 Å². The predicted octanol–water partition coefficient (Wildman–Crippen LogP) is 3.26. The van der Waals surface area contributed by atoms with Crippen LogP contribution >= 0.6 is 0 Å². The molecule has 1 fully saturated rings. The molecule has 3 rings (SSSR count). The van der Waals surface area contributed by atoms with Crippen molar-refractivity contribution in [3.8, 4) is 0 Å². The van der Waals surface area contributed by atoms with Crippen molar-refractivity contribution in [2.75, 3.05) is 19.6 Å². The number of benzene rings is 1. The molecular weight excluding hydrogens is 322 g/mol. The average Bonchev–Trinajstić information content (AvgIpc) is 3.04. The lowest BCUT2D eigenvalue weighted by Crippen LogP contribution is -2.42. The van der Waals surface area contributed by atoms with E-state index in [9.17, 15) is 0 Å². The standard InChI is InChI=1S/C21H31N5/c1-3-22-20(23-13-8-14-26-16-18(2)15-25-26)24-17-21(11-7-12-21)19-9-5-4-6-10-19/h4-6,9-10,15-16H,3,7-8,11-14,17H2,1-2H3,(H2,22,23,24). The zero-order chi connectivity index (χ0) is 18.2. The Labute approximate surface area is 156 Å². The number of rotatable bonds is 8. The fourth-order valence-corrected chi connectivity index (χ4v) is 3.54. The molecule has 0 spiro atoms. The first-order valence-electron chi connectivity index (χ1n) is 9.79. The molecule has 1 aromatic carbocycles. The summed E-state index contributed by atoms with van der Waals surface area (Å²) in [5.74, 6) is 0.923. The topological polar surface area (TPSA) is 54.2 Å². The Balaban J connectivity index is 1.53. The van der Waals surface area contributed by atoms with Crippen LogP contribution in [0.2, 0.25) is 0 Å². The second-order valence-electron chi connectivity index (χ2n) is 7.26. The van der Waals surface area contributed by atoms with Gasteiger partial charge in [-0.3, -0.25) is 9.67 Å². The highest BCUT2D eigenvalue weighted by molar-refractivity contribution is 5.79. The second-order valence-corrected chi connectivity index (χ2v) is 7.26. The maximum Gasteiger partial charge on any atom is 0.191 e. The molecule has 1 saturated carbocycles. The summed E-state index contributed by atoms with van der Waals surface area (Å²) in [7, 11) is 0. The highest BCUT2D eigenvalue weighted by Crippen LogP contribution is 2.43. The number of guanidine groups is 1. The van der Waals surface area contributed by atoms with Gasteiger partial charge in [0.1, 0.15) is 0 Å². The van der Waals surface area contributed by atoms with Crippen molar-refractivity contribution in [1.29, 1.82) is 0 Å². The van der Waals surface area contributed by atoms with E-state index in [2.05, 4.69) is 66.1 Å². The number of hydrogen-bond acceptors (Lipinski definition) is 2. The molecule has 1 aromatic heterocycles. The Hall–Kier alpha value is -2.30. The third-order valence-electron chi connectivity index (χ3n) is 5.20. The summed E-state index contributed by atoms with van der Waals surface area (Å²) in [6, 6.07) is 10.9. The van der Waals surface area contributed by atoms with Crippen LogP contribution in [0.4, 0.5) is 0 Å². The molecule has 5 heteroatoms. The monoisotopic (exact) mass is 353 g/mol. The summed E-state index contributed by atoms with van der Waals surface area (Å²) >= 11 is 0. The summed E-state index contributed by atoms with van der Waals surface area (Å²) in [6.45, 7) is 7.73. The Kier molecular flexibility index (Phi) is 6.31. The van der Waals surface area contributed by atoms with Crippen LogP contribution in [0.25, 0.3) is 0 Å². The highest BCUT2D eigenvalue weighted by Gasteiger charge is 2.38. The molecule has 140 valence electrons. The molecule has 26 heavy (non-hydrogen) atoms. The summed E-state index contributed by atoms with van der Waals surface area (Å²) in [5, 5.41) is 11.2. The number of aliphatic imine (C=N–C) groups is 1. The molecule has 0 radical (unpaired) electrons. The van der Waals surface area contributed by atoms with E-state index in [1.165, 1.54) is 30.4 Å². The minimum atomic E-state index is 0.232. The molecule has 2 aromatic rings. The summed E-state index contributed by atoms with van der Waals surface area (Å²) in [6.07, 6.45) is 8.78. The maximum absolute atomic E-state index is 4.90. The van der Waals surface area contributed by atoms with E-state index < -0.39 is 0 Å². The van der Waals surface area contributed by atoms with E-state index in [-0.39, 0.29) is 5.41 Å². The van der Waals surface area contributed by atoms with Gasteiger partial charge in [0, 0.05) is 31.2 Å². The molecule has 0 atom stereocenters. The molecule has 0 aliphatic heterocycles. The van der Waals surface area contributed by atoms with E-state index in [4.69, 9.17) is 4.99 Å². The summed E-state index contributed by atoms with van der Waals surface area (Å²) < 4.78 is 2.00. The van der Waals surface area contributed by atoms with Crippen molar-refractivity contribution in [2.24, 2.45) is 4.99 Å². The molecule has 0 bridgehead atoms. The van der Waals surface area contributed by atoms with Crippen LogP contribution in [-0.2, 0) is 12.0 Å². The quantitative estimate of drug-likeness (QED) is 0.435. The van der Waals surface area contributed by atoms with Crippen LogP contribution in [-0.4, -0.2) is 35.4 Å². The van der Waals surface area contributed by atoms with Crippen molar-refractivity contribution in [1.82, 2.24) is 20.4 Å². The van der Waals surface area contributed by atoms with E-state index >= 15 is 0 Å². The molecule has 5 nitrogen and oxygen atoms in total. The lowest BCUT2D eigenvalue weighted by molar-refractivity contribution is 0.253. The number of nitrogens with zero attached hydrogens (tertiary/aromatic N) is 3. The number of hydrogen-bond donors (Lipinski definition) is 2. The smallest absolute Gasteiger partial charge is 0.191 e. The normalized spacial score (nSPS) is 16.2. The minimum Gasteiger partial charge on any atom is -0.357 e. The van der Waals surface area contributed by atoms with Gasteiger partial charge in [0.25, 0.3) is 0 Å². The summed E-state index contributed by atoms with van der Waals surface area (Å²) in [5.41, 5.74) is 2.87. The SMILES string of the molecule is CCNC(=NCC1(c2ccccc2)CCC1)NCCCn1cc(C)cn1. The Morgan fingerprint density at radius 2 is 2.04 bits per heavy atom. The van der Waals surface area contributed by atoms with E-state index in [1.807, 2.05) is 10.9 Å². The van der Waals surface area contributed by atoms with Crippen molar-refractivity contribution in [2.45, 2.75) is 51.5 Å². The molecule has 0 unspecified atom stereocenters. The number of nitrogens with one attached hydrogen (secondary N) is 2. The van der Waals surface area contributed by atoms with Gasteiger partial charge in [-0.05, 0) is 44.2 Å². The van der Waals surface area contributed by atoms with E-state index in [1.54, 1.807) is 0 Å². The van der Waals surface area contributed by atoms with Gasteiger partial charge in [-0.25, -0.2) is 0 Å². The molecule has 1 aliphatic rings. The van der Waals surface area contributed by atoms with Crippen molar-refractivity contribution in [3.63, 3.8) is 0 Å². The first kappa shape index (κ1) is 18.5. The maximum atomic E-state index is 4.90. The van der Waals surface area contributed by atoms with Crippen LogP contribution in [0.15, 0.2) is 47.7 Å². The fraction of sp³-hybridized carbons (Fsp3) is 0.524. The van der Waals surface area contributed by atoms with Crippen LogP contribution < -0.4 is 10.6 Å². The Bertz CT molecular complexity index is 700. The molecule has 2 N–H and O–H groups in total.